The Morgan fingerprint density at radius 1 is 1.44 bits per heavy atom. The Hall–Kier alpha value is -0.570. The molecule has 1 fully saturated rings. The van der Waals surface area contributed by atoms with Gasteiger partial charge in [0.05, 0.1) is 6.61 Å². The van der Waals surface area contributed by atoms with Crippen molar-refractivity contribution in [3.63, 3.8) is 0 Å². The molecule has 1 unspecified atom stereocenters. The summed E-state index contributed by atoms with van der Waals surface area (Å²) >= 11 is 0. The Morgan fingerprint density at radius 3 is 2.50 bits per heavy atom. The van der Waals surface area contributed by atoms with E-state index < -0.39 is 0 Å². The van der Waals surface area contributed by atoms with Crippen molar-refractivity contribution in [3.8, 4) is 0 Å². The minimum absolute atomic E-state index is 0.0621. The summed E-state index contributed by atoms with van der Waals surface area (Å²) < 4.78 is 5.10. The molecule has 0 aromatic heterocycles. The van der Waals surface area contributed by atoms with Crippen LogP contribution in [0.1, 0.15) is 53.4 Å². The maximum absolute atomic E-state index is 11.8. The number of nitrogens with one attached hydrogen (secondary N) is 1. The fourth-order valence-corrected chi connectivity index (χ4v) is 2.15. The second kappa shape index (κ2) is 5.67. The molecule has 1 aliphatic carbocycles. The Morgan fingerprint density at radius 2 is 2.06 bits per heavy atom. The van der Waals surface area contributed by atoms with Gasteiger partial charge in [-0.15, -0.1) is 0 Å². The third kappa shape index (κ3) is 3.78. The summed E-state index contributed by atoms with van der Waals surface area (Å²) in [6, 6.07) is -0.138. The molecule has 0 amide bonds. The van der Waals surface area contributed by atoms with Crippen LogP contribution in [0, 0.1) is 5.92 Å². The molecule has 0 aromatic rings. The average molecular weight is 227 g/mol. The van der Waals surface area contributed by atoms with E-state index in [2.05, 4.69) is 26.1 Å². The molecule has 3 nitrogen and oxygen atoms in total. The molecule has 0 bridgehead atoms. The van der Waals surface area contributed by atoms with Crippen LogP contribution in [0.3, 0.4) is 0 Å². The predicted molar refractivity (Wildman–Crippen MR) is 65.3 cm³/mol. The largest absolute Gasteiger partial charge is 0.465 e. The normalized spacial score (nSPS) is 18.2. The summed E-state index contributed by atoms with van der Waals surface area (Å²) in [6.45, 7) is 8.79. The molecule has 0 aromatic carbocycles. The highest BCUT2D eigenvalue weighted by Crippen LogP contribution is 2.39. The van der Waals surface area contributed by atoms with Gasteiger partial charge in [0.2, 0.25) is 0 Å². The quantitative estimate of drug-likeness (QED) is 0.679. The number of rotatable bonds is 7. The third-order valence-electron chi connectivity index (χ3n) is 3.29. The van der Waals surface area contributed by atoms with Crippen molar-refractivity contribution in [2.24, 2.45) is 5.92 Å². The average Bonchev–Trinajstić information content (AvgIpc) is 3.00. The lowest BCUT2D eigenvalue weighted by Crippen LogP contribution is -2.51. The van der Waals surface area contributed by atoms with Crippen LogP contribution in [0.15, 0.2) is 0 Å². The maximum atomic E-state index is 11.8. The van der Waals surface area contributed by atoms with Crippen LogP contribution in [0.5, 0.6) is 0 Å². The summed E-state index contributed by atoms with van der Waals surface area (Å²) in [7, 11) is 0. The maximum Gasteiger partial charge on any atom is 0.323 e. The van der Waals surface area contributed by atoms with Crippen molar-refractivity contribution >= 4 is 5.97 Å². The van der Waals surface area contributed by atoms with Crippen LogP contribution in [-0.4, -0.2) is 24.2 Å². The predicted octanol–water partition coefficient (Wildman–Crippen LogP) is 2.50. The lowest BCUT2D eigenvalue weighted by Gasteiger charge is -2.31. The van der Waals surface area contributed by atoms with Gasteiger partial charge in [-0.1, -0.05) is 13.3 Å². The van der Waals surface area contributed by atoms with Gasteiger partial charge in [0.15, 0.2) is 0 Å². The summed E-state index contributed by atoms with van der Waals surface area (Å²) in [5.74, 6) is 0.624. The van der Waals surface area contributed by atoms with Crippen LogP contribution in [0.4, 0.5) is 0 Å². The Bertz CT molecular complexity index is 234. The van der Waals surface area contributed by atoms with Gasteiger partial charge in [0, 0.05) is 5.54 Å². The molecule has 3 heteroatoms. The molecule has 1 rings (SSSR count). The van der Waals surface area contributed by atoms with Crippen molar-refractivity contribution in [2.45, 2.75) is 65.0 Å². The van der Waals surface area contributed by atoms with E-state index in [1.165, 1.54) is 12.8 Å². The number of ether oxygens (including phenoxy) is 1. The molecule has 0 saturated heterocycles. The Labute approximate surface area is 98.9 Å². The fourth-order valence-electron chi connectivity index (χ4n) is 2.15. The van der Waals surface area contributed by atoms with Gasteiger partial charge in [-0.2, -0.15) is 0 Å². The first-order valence-corrected chi connectivity index (χ1v) is 6.45. The molecule has 1 N–H and O–H groups in total. The molecule has 1 atom stereocenters. The van der Waals surface area contributed by atoms with Gasteiger partial charge in [0.1, 0.15) is 6.04 Å². The van der Waals surface area contributed by atoms with E-state index in [-0.39, 0.29) is 17.6 Å². The number of hydrogen-bond acceptors (Lipinski definition) is 3. The molecule has 0 aliphatic heterocycles. The van der Waals surface area contributed by atoms with Crippen LogP contribution in [0.2, 0.25) is 0 Å². The lowest BCUT2D eigenvalue weighted by molar-refractivity contribution is -0.146. The van der Waals surface area contributed by atoms with Crippen molar-refractivity contribution in [3.05, 3.63) is 0 Å². The van der Waals surface area contributed by atoms with Gasteiger partial charge in [-0.25, -0.2) is 0 Å². The van der Waals surface area contributed by atoms with Gasteiger partial charge in [-0.3, -0.25) is 10.1 Å². The van der Waals surface area contributed by atoms with Crippen LogP contribution >= 0.6 is 0 Å². The zero-order chi connectivity index (χ0) is 12.2. The molecule has 1 aliphatic rings. The molecule has 94 valence electrons. The van der Waals surface area contributed by atoms with E-state index in [1.54, 1.807) is 0 Å². The highest BCUT2D eigenvalue weighted by atomic mass is 16.5. The molecule has 1 saturated carbocycles. The summed E-state index contributed by atoms with van der Waals surface area (Å²) in [5, 5.41) is 3.47. The van der Waals surface area contributed by atoms with Crippen molar-refractivity contribution in [1.82, 2.24) is 5.32 Å². The van der Waals surface area contributed by atoms with Crippen LogP contribution in [-0.2, 0) is 9.53 Å². The highest BCUT2D eigenvalue weighted by molar-refractivity contribution is 5.75. The van der Waals surface area contributed by atoms with Crippen LogP contribution in [0.25, 0.3) is 0 Å². The van der Waals surface area contributed by atoms with Gasteiger partial charge >= 0.3 is 5.97 Å². The number of esters is 1. The molecular formula is C13H25NO2. The van der Waals surface area contributed by atoms with Gasteiger partial charge in [0.25, 0.3) is 0 Å². The van der Waals surface area contributed by atoms with Crippen LogP contribution < -0.4 is 5.32 Å². The Balaban J connectivity index is 2.52. The molecular weight excluding hydrogens is 202 g/mol. The van der Waals surface area contributed by atoms with Gasteiger partial charge < -0.3 is 4.74 Å². The SMILES string of the molecule is CCCC(NC(C)(C)C1CC1)C(=O)OCC. The van der Waals surface area contributed by atoms with E-state index >= 15 is 0 Å². The number of carbonyl (C=O) groups is 1. The Kier molecular flexibility index (Phi) is 4.78. The standard InChI is InChI=1S/C13H25NO2/c1-5-7-11(12(15)16-6-2)14-13(3,4)10-8-9-10/h10-11,14H,5-9H2,1-4H3. The van der Waals surface area contributed by atoms with E-state index in [0.29, 0.717) is 6.61 Å². The minimum Gasteiger partial charge on any atom is -0.465 e. The second-order valence-electron chi connectivity index (χ2n) is 5.23. The molecule has 16 heavy (non-hydrogen) atoms. The number of carbonyl (C=O) groups excluding carboxylic acids is 1. The van der Waals surface area contributed by atoms with Gasteiger partial charge in [-0.05, 0) is 46.0 Å². The van der Waals surface area contributed by atoms with E-state index in [1.807, 2.05) is 6.92 Å². The highest BCUT2D eigenvalue weighted by Gasteiger charge is 2.40. The summed E-state index contributed by atoms with van der Waals surface area (Å²) in [4.78, 5) is 11.8. The molecule has 0 heterocycles. The lowest BCUT2D eigenvalue weighted by atomic mass is 9.96. The van der Waals surface area contributed by atoms with E-state index in [0.717, 1.165) is 18.8 Å². The topological polar surface area (TPSA) is 38.3 Å². The second-order valence-corrected chi connectivity index (χ2v) is 5.23. The summed E-state index contributed by atoms with van der Waals surface area (Å²) in [6.07, 6.45) is 4.41. The first-order chi connectivity index (χ1) is 7.51. The smallest absolute Gasteiger partial charge is 0.323 e. The van der Waals surface area contributed by atoms with E-state index in [9.17, 15) is 4.79 Å². The first-order valence-electron chi connectivity index (χ1n) is 6.45. The first kappa shape index (κ1) is 13.5. The number of hydrogen-bond donors (Lipinski definition) is 1. The minimum atomic E-state index is -0.138. The van der Waals surface area contributed by atoms with Crippen molar-refractivity contribution in [1.29, 1.82) is 0 Å². The zero-order valence-corrected chi connectivity index (χ0v) is 11.0. The van der Waals surface area contributed by atoms with Crippen molar-refractivity contribution < 1.29 is 9.53 Å². The third-order valence-corrected chi connectivity index (χ3v) is 3.29. The molecule has 0 radical (unpaired) electrons. The van der Waals surface area contributed by atoms with Crippen molar-refractivity contribution in [2.75, 3.05) is 6.61 Å². The molecule has 0 spiro atoms. The summed E-state index contributed by atoms with van der Waals surface area (Å²) in [5.41, 5.74) is 0.0621. The monoisotopic (exact) mass is 227 g/mol. The van der Waals surface area contributed by atoms with E-state index in [4.69, 9.17) is 4.74 Å². The zero-order valence-electron chi connectivity index (χ0n) is 11.0. The fraction of sp³-hybridized carbons (Fsp3) is 0.923.